The quantitative estimate of drug-likeness (QED) is 0.535. The van der Waals surface area contributed by atoms with E-state index < -0.39 is 0 Å². The Hall–Kier alpha value is -1.36. The minimum absolute atomic E-state index is 0.569. The van der Waals surface area contributed by atoms with Crippen LogP contribution in [0.5, 0.6) is 0 Å². The van der Waals surface area contributed by atoms with Crippen molar-refractivity contribution in [2.24, 2.45) is 11.8 Å². The van der Waals surface area contributed by atoms with E-state index in [1.165, 1.54) is 51.4 Å². The summed E-state index contributed by atoms with van der Waals surface area (Å²) in [7, 11) is 0. The maximum atomic E-state index is 4.23. The molecule has 0 radical (unpaired) electrons. The zero-order valence-electron chi connectivity index (χ0n) is 14.3. The third kappa shape index (κ3) is 5.79. The maximum Gasteiger partial charge on any atom is 0.135 e. The third-order valence-corrected chi connectivity index (χ3v) is 4.69. The van der Waals surface area contributed by atoms with Crippen LogP contribution in [0, 0.1) is 23.7 Å². The second kappa shape index (κ2) is 9.62. The number of aryl methyl sites for hydroxylation is 1. The SMILES string of the molecule is CCCCC[C@H]1CC[C@H](C#Cc2ccc(CCC)nn2)CC1. The third-order valence-electron chi connectivity index (χ3n) is 4.69. The summed E-state index contributed by atoms with van der Waals surface area (Å²) in [6.07, 6.45) is 13.0. The average molecular weight is 298 g/mol. The van der Waals surface area contributed by atoms with Gasteiger partial charge in [0.05, 0.1) is 5.69 Å². The minimum atomic E-state index is 0.569. The molecule has 1 heterocycles. The number of nitrogens with zero attached hydrogens (tertiary/aromatic N) is 2. The molecule has 2 heteroatoms. The predicted molar refractivity (Wildman–Crippen MR) is 92.5 cm³/mol. The van der Waals surface area contributed by atoms with Crippen LogP contribution in [-0.2, 0) is 6.42 Å². The van der Waals surface area contributed by atoms with Crippen molar-refractivity contribution in [1.29, 1.82) is 0 Å². The second-order valence-corrected chi connectivity index (χ2v) is 6.64. The molecule has 0 aromatic carbocycles. The van der Waals surface area contributed by atoms with Gasteiger partial charge >= 0.3 is 0 Å². The van der Waals surface area contributed by atoms with Crippen LogP contribution in [0.15, 0.2) is 12.1 Å². The number of aromatic nitrogens is 2. The predicted octanol–water partition coefficient (Wildman–Crippen LogP) is 5.17. The molecule has 0 saturated heterocycles. The first-order chi connectivity index (χ1) is 10.8. The van der Waals surface area contributed by atoms with Crippen molar-refractivity contribution in [3.63, 3.8) is 0 Å². The van der Waals surface area contributed by atoms with E-state index in [1.54, 1.807) is 0 Å². The van der Waals surface area contributed by atoms with E-state index in [1.807, 2.05) is 6.07 Å². The highest BCUT2D eigenvalue weighted by Gasteiger charge is 2.19. The summed E-state index contributed by atoms with van der Waals surface area (Å²) in [5.41, 5.74) is 1.89. The molecule has 1 aromatic heterocycles. The Morgan fingerprint density at radius 3 is 2.45 bits per heavy atom. The van der Waals surface area contributed by atoms with Crippen LogP contribution in [0.4, 0.5) is 0 Å². The number of rotatable bonds is 6. The summed E-state index contributed by atoms with van der Waals surface area (Å²) in [6, 6.07) is 4.08. The van der Waals surface area contributed by atoms with Gasteiger partial charge in [-0.3, -0.25) is 0 Å². The summed E-state index contributed by atoms with van der Waals surface area (Å²) in [4.78, 5) is 0. The summed E-state index contributed by atoms with van der Waals surface area (Å²) in [5, 5.41) is 8.46. The molecule has 1 fully saturated rings. The minimum Gasteiger partial charge on any atom is -0.154 e. The first-order valence-electron chi connectivity index (χ1n) is 9.16. The molecule has 2 rings (SSSR count). The van der Waals surface area contributed by atoms with Gasteiger partial charge in [0.1, 0.15) is 5.69 Å². The Kier molecular flexibility index (Phi) is 7.43. The van der Waals surface area contributed by atoms with Crippen LogP contribution >= 0.6 is 0 Å². The van der Waals surface area contributed by atoms with Crippen molar-refractivity contribution in [3.05, 3.63) is 23.5 Å². The zero-order chi connectivity index (χ0) is 15.6. The normalized spacial score (nSPS) is 21.2. The maximum absolute atomic E-state index is 4.23. The van der Waals surface area contributed by atoms with E-state index in [9.17, 15) is 0 Å². The molecule has 0 aliphatic heterocycles. The molecule has 0 atom stereocenters. The van der Waals surface area contributed by atoms with E-state index in [-0.39, 0.29) is 0 Å². The van der Waals surface area contributed by atoms with E-state index in [0.29, 0.717) is 5.92 Å². The van der Waals surface area contributed by atoms with Gasteiger partial charge in [0.2, 0.25) is 0 Å². The molecule has 120 valence electrons. The van der Waals surface area contributed by atoms with Crippen LogP contribution in [0.1, 0.15) is 83.0 Å². The van der Waals surface area contributed by atoms with Gasteiger partial charge in [0.25, 0.3) is 0 Å². The first kappa shape index (κ1) is 17.0. The molecule has 1 saturated carbocycles. The van der Waals surface area contributed by atoms with Crippen LogP contribution in [0.25, 0.3) is 0 Å². The van der Waals surface area contributed by atoms with Crippen molar-refractivity contribution in [3.8, 4) is 11.8 Å². The highest BCUT2D eigenvalue weighted by Crippen LogP contribution is 2.31. The Labute approximate surface area is 136 Å². The fourth-order valence-corrected chi connectivity index (χ4v) is 3.27. The highest BCUT2D eigenvalue weighted by atomic mass is 15.1. The van der Waals surface area contributed by atoms with Crippen LogP contribution in [0.2, 0.25) is 0 Å². The molecular weight excluding hydrogens is 268 g/mol. The van der Waals surface area contributed by atoms with Crippen molar-refractivity contribution >= 4 is 0 Å². The van der Waals surface area contributed by atoms with Gasteiger partial charge < -0.3 is 0 Å². The van der Waals surface area contributed by atoms with Crippen LogP contribution in [0.3, 0.4) is 0 Å². The second-order valence-electron chi connectivity index (χ2n) is 6.64. The number of hydrogen-bond donors (Lipinski definition) is 0. The van der Waals surface area contributed by atoms with Crippen LogP contribution < -0.4 is 0 Å². The van der Waals surface area contributed by atoms with Crippen molar-refractivity contribution in [2.45, 2.75) is 78.1 Å². The average Bonchev–Trinajstić information content (AvgIpc) is 2.56. The lowest BCUT2D eigenvalue weighted by Gasteiger charge is -2.25. The summed E-state index contributed by atoms with van der Waals surface area (Å²) < 4.78 is 0. The molecule has 0 spiro atoms. The molecular formula is C20H30N2. The van der Waals surface area contributed by atoms with Crippen molar-refractivity contribution < 1.29 is 0 Å². The van der Waals surface area contributed by atoms with Crippen LogP contribution in [-0.4, -0.2) is 10.2 Å². The standard InChI is InChI=1S/C20H30N2/c1-3-5-6-8-17-9-11-18(12-10-17)13-14-20-16-15-19(7-4-2)21-22-20/h15-18H,3-12H2,1-2H3/t17-,18-. The largest absolute Gasteiger partial charge is 0.154 e. The highest BCUT2D eigenvalue weighted by molar-refractivity contribution is 5.27. The molecule has 0 N–H and O–H groups in total. The topological polar surface area (TPSA) is 25.8 Å². The van der Waals surface area contributed by atoms with Gasteiger partial charge in [-0.2, -0.15) is 5.10 Å². The summed E-state index contributed by atoms with van der Waals surface area (Å²) in [6.45, 7) is 4.44. The van der Waals surface area contributed by atoms with E-state index >= 15 is 0 Å². The lowest BCUT2D eigenvalue weighted by Crippen LogP contribution is -2.13. The Balaban J connectivity index is 1.76. The molecule has 1 aliphatic carbocycles. The van der Waals surface area contributed by atoms with E-state index in [2.05, 4.69) is 42.0 Å². The first-order valence-corrected chi connectivity index (χ1v) is 9.16. The van der Waals surface area contributed by atoms with E-state index in [0.717, 1.165) is 30.1 Å². The molecule has 0 amide bonds. The van der Waals surface area contributed by atoms with Gasteiger partial charge in [-0.15, -0.1) is 5.10 Å². The van der Waals surface area contributed by atoms with Gasteiger partial charge in [0.15, 0.2) is 0 Å². The summed E-state index contributed by atoms with van der Waals surface area (Å²) in [5.74, 6) is 8.18. The number of unbranched alkanes of at least 4 members (excludes halogenated alkanes) is 2. The van der Waals surface area contributed by atoms with Gasteiger partial charge in [-0.05, 0) is 56.1 Å². The Bertz CT molecular complexity index is 473. The molecule has 0 unspecified atom stereocenters. The molecule has 22 heavy (non-hydrogen) atoms. The Morgan fingerprint density at radius 1 is 1.00 bits per heavy atom. The molecule has 0 bridgehead atoms. The fraction of sp³-hybridized carbons (Fsp3) is 0.700. The van der Waals surface area contributed by atoms with Gasteiger partial charge in [-0.1, -0.05) is 51.9 Å². The Morgan fingerprint density at radius 2 is 1.82 bits per heavy atom. The zero-order valence-corrected chi connectivity index (χ0v) is 14.3. The number of hydrogen-bond acceptors (Lipinski definition) is 2. The van der Waals surface area contributed by atoms with Crippen molar-refractivity contribution in [2.75, 3.05) is 0 Å². The van der Waals surface area contributed by atoms with E-state index in [4.69, 9.17) is 0 Å². The smallest absolute Gasteiger partial charge is 0.135 e. The van der Waals surface area contributed by atoms with Gasteiger partial charge in [-0.25, -0.2) is 0 Å². The molecule has 2 nitrogen and oxygen atoms in total. The fourth-order valence-electron chi connectivity index (χ4n) is 3.27. The van der Waals surface area contributed by atoms with Crippen molar-refractivity contribution in [1.82, 2.24) is 10.2 Å². The monoisotopic (exact) mass is 298 g/mol. The lowest BCUT2D eigenvalue weighted by molar-refractivity contribution is 0.294. The molecule has 1 aliphatic rings. The van der Waals surface area contributed by atoms with Gasteiger partial charge in [0, 0.05) is 5.92 Å². The summed E-state index contributed by atoms with van der Waals surface area (Å²) >= 11 is 0. The lowest BCUT2D eigenvalue weighted by atomic mass is 9.80. The molecule has 1 aromatic rings.